The van der Waals surface area contributed by atoms with Gasteiger partial charge in [-0.25, -0.2) is 4.99 Å². The summed E-state index contributed by atoms with van der Waals surface area (Å²) in [5.41, 5.74) is 1.74. The van der Waals surface area contributed by atoms with E-state index in [1.165, 1.54) is 12.1 Å². The van der Waals surface area contributed by atoms with Crippen LogP contribution in [0.25, 0.3) is 0 Å². The number of aliphatic hydroxyl groups is 1. The maximum Gasteiger partial charge on any atom is 0.293 e. The van der Waals surface area contributed by atoms with Crippen molar-refractivity contribution >= 4 is 44.7 Å². The van der Waals surface area contributed by atoms with Gasteiger partial charge in [0.05, 0.1) is 21.4 Å². The van der Waals surface area contributed by atoms with E-state index in [1.807, 2.05) is 0 Å². The van der Waals surface area contributed by atoms with E-state index in [-0.39, 0.29) is 27.4 Å². The van der Waals surface area contributed by atoms with E-state index >= 15 is 0 Å². The van der Waals surface area contributed by atoms with Crippen LogP contribution < -0.4 is 0 Å². The molecule has 1 aliphatic heterocycles. The molecule has 0 spiro atoms. The molecule has 0 saturated carbocycles. The van der Waals surface area contributed by atoms with Crippen LogP contribution in [0.5, 0.6) is 5.75 Å². The quantitative estimate of drug-likeness (QED) is 0.654. The number of halogens is 2. The third kappa shape index (κ3) is 2.58. The highest BCUT2D eigenvalue weighted by molar-refractivity contribution is 7.89. The van der Waals surface area contributed by atoms with Crippen molar-refractivity contribution in [3.05, 3.63) is 44.3 Å². The lowest BCUT2D eigenvalue weighted by molar-refractivity contribution is 0.262. The molecule has 1 aromatic carbocycles. The highest BCUT2D eigenvalue weighted by Crippen LogP contribution is 2.49. The molecule has 2 atom stereocenters. The average molecular weight is 376 g/mol. The van der Waals surface area contributed by atoms with Crippen LogP contribution in [-0.2, 0) is 10.1 Å². The zero-order valence-electron chi connectivity index (χ0n) is 11.7. The van der Waals surface area contributed by atoms with Crippen molar-refractivity contribution in [2.45, 2.75) is 18.9 Å². The summed E-state index contributed by atoms with van der Waals surface area (Å²) in [6.07, 6.45) is 0.920. The number of rotatable bonds is 1. The first-order valence-corrected chi connectivity index (χ1v) is 8.69. The van der Waals surface area contributed by atoms with Crippen molar-refractivity contribution in [1.82, 2.24) is 0 Å². The highest BCUT2D eigenvalue weighted by atomic mass is 35.5. The molecule has 1 aromatic rings. The molecule has 122 valence electrons. The number of phenols is 1. The molecule has 0 saturated heterocycles. The lowest BCUT2D eigenvalue weighted by Crippen LogP contribution is -2.26. The smallest absolute Gasteiger partial charge is 0.293 e. The molecule has 23 heavy (non-hydrogen) atoms. The summed E-state index contributed by atoms with van der Waals surface area (Å²) in [5.74, 6) is -0.620. The predicted octanol–water partition coefficient (Wildman–Crippen LogP) is 2.96. The van der Waals surface area contributed by atoms with Crippen LogP contribution in [0.15, 0.2) is 33.7 Å². The second-order valence-corrected chi connectivity index (χ2v) is 7.47. The fourth-order valence-electron chi connectivity index (χ4n) is 2.73. The third-order valence-corrected chi connectivity index (χ3v) is 5.48. The normalized spacial score (nSPS) is 23.4. The van der Waals surface area contributed by atoms with Gasteiger partial charge >= 0.3 is 0 Å². The Kier molecular flexibility index (Phi) is 3.81. The van der Waals surface area contributed by atoms with Crippen LogP contribution in [0, 0.1) is 0 Å². The van der Waals surface area contributed by atoms with Crippen molar-refractivity contribution in [2.24, 2.45) is 4.99 Å². The molecule has 0 fully saturated rings. The number of nitrogens with zero attached hydrogens (tertiary/aromatic N) is 1. The van der Waals surface area contributed by atoms with E-state index in [9.17, 15) is 23.2 Å². The summed E-state index contributed by atoms with van der Waals surface area (Å²) in [6, 6.07) is 1.42. The van der Waals surface area contributed by atoms with E-state index in [0.29, 0.717) is 16.8 Å². The number of hydrogen-bond acceptors (Lipinski definition) is 5. The van der Waals surface area contributed by atoms with Crippen molar-refractivity contribution < 1.29 is 23.2 Å². The first kappa shape index (κ1) is 16.5. The summed E-state index contributed by atoms with van der Waals surface area (Å²) >= 11 is 12.0. The molecular weight excluding hydrogens is 365 g/mol. The zero-order chi connectivity index (χ0) is 17.1. The lowest BCUT2D eigenvalue weighted by atomic mass is 9.83. The summed E-state index contributed by atoms with van der Waals surface area (Å²) in [7, 11) is -4.55. The minimum Gasteiger partial charge on any atom is -0.505 e. The molecule has 0 amide bonds. The van der Waals surface area contributed by atoms with Crippen molar-refractivity contribution in [2.75, 3.05) is 0 Å². The molecule has 3 rings (SSSR count). The molecule has 0 radical (unpaired) electrons. The number of hydrogen-bond donors (Lipinski definition) is 3. The number of benzene rings is 1. The van der Waals surface area contributed by atoms with Crippen molar-refractivity contribution in [3.8, 4) is 5.75 Å². The minimum atomic E-state index is -4.55. The number of aliphatic hydroxyl groups excluding tert-OH is 1. The Morgan fingerprint density at radius 2 is 1.96 bits per heavy atom. The van der Waals surface area contributed by atoms with Crippen LogP contribution in [0.3, 0.4) is 0 Å². The molecule has 6 nitrogen and oxygen atoms in total. The fraction of sp³-hybridized carbons (Fsp3) is 0.214. The van der Waals surface area contributed by atoms with Gasteiger partial charge in [-0.05, 0) is 23.8 Å². The second kappa shape index (κ2) is 5.32. The van der Waals surface area contributed by atoms with Gasteiger partial charge in [0.2, 0.25) is 0 Å². The van der Waals surface area contributed by atoms with E-state index in [4.69, 9.17) is 23.2 Å². The summed E-state index contributed by atoms with van der Waals surface area (Å²) in [6.45, 7) is 1.78. The fourth-order valence-corrected chi connectivity index (χ4v) is 3.97. The molecule has 9 heteroatoms. The Bertz CT molecular complexity index is 918. The first-order valence-electron chi connectivity index (χ1n) is 6.50. The Morgan fingerprint density at radius 3 is 2.57 bits per heavy atom. The Labute approximate surface area is 142 Å². The highest BCUT2D eigenvalue weighted by Gasteiger charge is 2.34. The van der Waals surface area contributed by atoms with Crippen LogP contribution in [0.1, 0.15) is 18.4 Å². The van der Waals surface area contributed by atoms with Gasteiger partial charge in [-0.1, -0.05) is 30.1 Å². The summed E-state index contributed by atoms with van der Waals surface area (Å²) in [4.78, 5) is 3.73. The van der Waals surface area contributed by atoms with E-state index < -0.39 is 21.1 Å². The molecule has 3 N–H and O–H groups in total. The number of allylic oxidation sites excluding steroid dienone is 2. The second-order valence-electron chi connectivity index (χ2n) is 5.26. The van der Waals surface area contributed by atoms with Gasteiger partial charge in [0.15, 0.2) is 5.75 Å². The summed E-state index contributed by atoms with van der Waals surface area (Å²) < 4.78 is 31.8. The van der Waals surface area contributed by atoms with E-state index in [2.05, 4.69) is 4.99 Å². The van der Waals surface area contributed by atoms with Crippen molar-refractivity contribution in [3.63, 3.8) is 0 Å². The molecule has 1 heterocycles. The maximum absolute atomic E-state index is 11.3. The number of fused-ring (bicyclic) bond motifs is 2. The molecule has 2 unspecified atom stereocenters. The van der Waals surface area contributed by atoms with E-state index in [0.717, 1.165) is 6.08 Å². The van der Waals surface area contributed by atoms with Gasteiger partial charge in [0.1, 0.15) is 11.0 Å². The molecule has 0 aromatic heterocycles. The third-order valence-electron chi connectivity index (χ3n) is 3.85. The Balaban J connectivity index is 2.27. The van der Waals surface area contributed by atoms with E-state index in [1.54, 1.807) is 6.92 Å². The number of aliphatic imine (C=N–C) groups is 1. The van der Waals surface area contributed by atoms with Gasteiger partial charge in [0.25, 0.3) is 10.1 Å². The van der Waals surface area contributed by atoms with Gasteiger partial charge in [0, 0.05) is 11.5 Å². The largest absolute Gasteiger partial charge is 0.505 e. The first-order chi connectivity index (χ1) is 10.6. The van der Waals surface area contributed by atoms with Crippen LogP contribution in [-0.4, -0.2) is 35.0 Å². The average Bonchev–Trinajstić information content (AvgIpc) is 2.44. The number of aromatic hydroxyl groups is 1. The van der Waals surface area contributed by atoms with Crippen LogP contribution >= 0.6 is 23.2 Å². The maximum atomic E-state index is 11.3. The predicted molar refractivity (Wildman–Crippen MR) is 87.4 cm³/mol. The lowest BCUT2D eigenvalue weighted by Gasteiger charge is -2.29. The Hall–Kier alpha value is -1.38. The molecular formula is C14H11Cl2NO5S. The molecule has 1 aliphatic carbocycles. The number of phenolic OH excluding ortho intramolecular Hbond substituents is 1. The SMILES string of the molecule is CC1C2=CC(O)C(S(=O)(=O)O)=CC2=Nc2cc(Cl)c(O)c(Cl)c21. The summed E-state index contributed by atoms with van der Waals surface area (Å²) in [5, 5.41) is 19.9. The minimum absolute atomic E-state index is 0.0209. The van der Waals surface area contributed by atoms with Gasteiger partial charge in [-0.15, -0.1) is 0 Å². The van der Waals surface area contributed by atoms with Gasteiger partial charge < -0.3 is 10.2 Å². The van der Waals surface area contributed by atoms with Crippen LogP contribution in [0.4, 0.5) is 5.69 Å². The van der Waals surface area contributed by atoms with Crippen LogP contribution in [0.2, 0.25) is 10.0 Å². The van der Waals surface area contributed by atoms with Gasteiger partial charge in [-0.3, -0.25) is 4.55 Å². The Morgan fingerprint density at radius 1 is 1.30 bits per heavy atom. The molecule has 2 aliphatic rings. The zero-order valence-corrected chi connectivity index (χ0v) is 14.0. The molecule has 0 bridgehead atoms. The van der Waals surface area contributed by atoms with Gasteiger partial charge in [-0.2, -0.15) is 8.42 Å². The standard InChI is InChI=1S/C14H11Cl2NO5S/c1-5-6-2-10(18)11(23(20,21)22)4-8(6)17-9-3-7(15)14(19)13(16)12(5)9/h2-5,10,18-19H,1H3,(H,20,21,22). The van der Waals surface area contributed by atoms with Crippen molar-refractivity contribution in [1.29, 1.82) is 0 Å². The monoisotopic (exact) mass is 375 g/mol. The topological polar surface area (TPSA) is 107 Å².